The predicted molar refractivity (Wildman–Crippen MR) is 82.3 cm³/mol. The number of phenols is 1. The minimum absolute atomic E-state index is 0.0506. The summed E-state index contributed by atoms with van der Waals surface area (Å²) in [5.74, 6) is 0.796. The van der Waals surface area contributed by atoms with Crippen molar-refractivity contribution in [3.8, 4) is 11.5 Å². The van der Waals surface area contributed by atoms with Gasteiger partial charge < -0.3 is 20.3 Å². The second kappa shape index (κ2) is 4.16. The standard InChI is InChI=1S/C18H19NO4/c19-9-22-18-7-5-13(21)16-17(18)6-1-2-11(18)8-10-3-4-12(20)15(23-16)14(10)17/h3-5,7,11,16,20H,1-2,6,8-9,19H2/t11-,16+,17+,18-/m1/s1. The lowest BCUT2D eigenvalue weighted by molar-refractivity contribution is -0.164. The maximum Gasteiger partial charge on any atom is 0.196 e. The largest absolute Gasteiger partial charge is 0.504 e. The Hall–Kier alpha value is -1.85. The minimum atomic E-state index is -0.621. The van der Waals surface area contributed by atoms with Crippen molar-refractivity contribution >= 4 is 5.78 Å². The van der Waals surface area contributed by atoms with Gasteiger partial charge in [0.2, 0.25) is 0 Å². The first-order valence-corrected chi connectivity index (χ1v) is 8.23. The van der Waals surface area contributed by atoms with Gasteiger partial charge in [-0.15, -0.1) is 0 Å². The Morgan fingerprint density at radius 2 is 2.30 bits per heavy atom. The number of carbonyl (C=O) groups is 1. The molecular formula is C18H19NO4. The molecule has 0 unspecified atom stereocenters. The quantitative estimate of drug-likeness (QED) is 0.810. The molecule has 1 aromatic rings. The van der Waals surface area contributed by atoms with Crippen molar-refractivity contribution in [2.75, 3.05) is 6.73 Å². The first-order chi connectivity index (χ1) is 11.1. The van der Waals surface area contributed by atoms with E-state index in [1.54, 1.807) is 12.1 Å². The Balaban J connectivity index is 1.89. The van der Waals surface area contributed by atoms with Crippen molar-refractivity contribution in [1.82, 2.24) is 0 Å². The molecule has 0 radical (unpaired) electrons. The maximum atomic E-state index is 12.6. The molecule has 120 valence electrons. The van der Waals surface area contributed by atoms with Crippen molar-refractivity contribution in [2.24, 2.45) is 11.7 Å². The Labute approximate surface area is 134 Å². The molecule has 3 aliphatic carbocycles. The molecule has 5 heteroatoms. The fraction of sp³-hybridized carbons (Fsp3) is 0.500. The van der Waals surface area contributed by atoms with Gasteiger partial charge in [-0.1, -0.05) is 12.5 Å². The van der Waals surface area contributed by atoms with Gasteiger partial charge in [-0.2, -0.15) is 0 Å². The highest BCUT2D eigenvalue weighted by Crippen LogP contribution is 2.66. The molecule has 5 nitrogen and oxygen atoms in total. The number of aromatic hydroxyl groups is 1. The lowest BCUT2D eigenvalue weighted by Gasteiger charge is -2.59. The second-order valence-corrected chi connectivity index (χ2v) is 7.05. The molecule has 1 aromatic carbocycles. The van der Waals surface area contributed by atoms with Crippen LogP contribution < -0.4 is 10.5 Å². The number of hydrogen-bond acceptors (Lipinski definition) is 5. The van der Waals surface area contributed by atoms with E-state index >= 15 is 0 Å². The Bertz CT molecular complexity index is 758. The maximum absolute atomic E-state index is 12.6. The average Bonchev–Trinajstić information content (AvgIpc) is 2.88. The molecule has 0 aromatic heterocycles. The summed E-state index contributed by atoms with van der Waals surface area (Å²) in [6.07, 6.45) is 6.63. The highest BCUT2D eigenvalue weighted by Gasteiger charge is 2.71. The molecule has 2 bridgehead atoms. The third kappa shape index (κ3) is 1.31. The van der Waals surface area contributed by atoms with Crippen LogP contribution in [0.5, 0.6) is 11.5 Å². The summed E-state index contributed by atoms with van der Waals surface area (Å²) in [6, 6.07) is 3.64. The van der Waals surface area contributed by atoms with Crippen molar-refractivity contribution in [3.05, 3.63) is 35.4 Å². The molecule has 1 aliphatic heterocycles. The molecule has 4 atom stereocenters. The summed E-state index contributed by atoms with van der Waals surface area (Å²) < 4.78 is 12.2. The number of nitrogens with two attached hydrogens (primary N) is 1. The van der Waals surface area contributed by atoms with E-state index in [2.05, 4.69) is 0 Å². The summed E-state index contributed by atoms with van der Waals surface area (Å²) in [5, 5.41) is 10.3. The zero-order valence-corrected chi connectivity index (χ0v) is 12.7. The summed E-state index contributed by atoms with van der Waals surface area (Å²) in [4.78, 5) is 12.6. The Morgan fingerprint density at radius 1 is 1.43 bits per heavy atom. The van der Waals surface area contributed by atoms with Gasteiger partial charge in [0.05, 0.1) is 12.1 Å². The lowest BCUT2D eigenvalue weighted by atomic mass is 9.47. The van der Waals surface area contributed by atoms with Gasteiger partial charge in [-0.3, -0.25) is 4.79 Å². The fourth-order valence-corrected chi connectivity index (χ4v) is 5.63. The molecule has 1 spiro atoms. The van der Waals surface area contributed by atoms with Crippen molar-refractivity contribution in [3.63, 3.8) is 0 Å². The van der Waals surface area contributed by atoms with E-state index in [0.717, 1.165) is 31.2 Å². The number of ether oxygens (including phenoxy) is 2. The SMILES string of the molecule is NCO[C@@]12C=CC(=O)[C@@H]3Oc4c(O)ccc5c4[C@@]31CCC[C@@H]2C5. The van der Waals surface area contributed by atoms with Crippen LogP contribution in [0.25, 0.3) is 0 Å². The first-order valence-electron chi connectivity index (χ1n) is 8.23. The van der Waals surface area contributed by atoms with Crippen LogP contribution in [0.3, 0.4) is 0 Å². The number of hydrogen-bond donors (Lipinski definition) is 2. The van der Waals surface area contributed by atoms with Gasteiger partial charge in [0.1, 0.15) is 5.60 Å². The highest BCUT2D eigenvalue weighted by molar-refractivity contribution is 5.98. The zero-order valence-electron chi connectivity index (χ0n) is 12.7. The van der Waals surface area contributed by atoms with Crippen LogP contribution in [-0.4, -0.2) is 29.3 Å². The smallest absolute Gasteiger partial charge is 0.196 e. The van der Waals surface area contributed by atoms with E-state index < -0.39 is 17.1 Å². The molecule has 3 N–H and O–H groups in total. The molecule has 23 heavy (non-hydrogen) atoms. The van der Waals surface area contributed by atoms with Gasteiger partial charge in [0, 0.05) is 5.56 Å². The molecule has 5 rings (SSSR count). The van der Waals surface area contributed by atoms with Crippen molar-refractivity contribution in [1.29, 1.82) is 0 Å². The van der Waals surface area contributed by atoms with E-state index in [1.807, 2.05) is 12.1 Å². The van der Waals surface area contributed by atoms with Gasteiger partial charge in [0.25, 0.3) is 0 Å². The molecular weight excluding hydrogens is 294 g/mol. The van der Waals surface area contributed by atoms with Crippen LogP contribution in [0.1, 0.15) is 30.4 Å². The van der Waals surface area contributed by atoms with E-state index in [9.17, 15) is 9.90 Å². The van der Waals surface area contributed by atoms with Gasteiger partial charge in [-0.05, 0) is 49.0 Å². The van der Waals surface area contributed by atoms with Gasteiger partial charge in [-0.25, -0.2) is 0 Å². The third-order valence-electron chi connectivity index (χ3n) is 6.32. The van der Waals surface area contributed by atoms with Gasteiger partial charge >= 0.3 is 0 Å². The number of carbonyl (C=O) groups excluding carboxylic acids is 1. The van der Waals surface area contributed by atoms with Gasteiger partial charge in [0.15, 0.2) is 23.4 Å². The number of phenolic OH excluding ortho intramolecular Hbond substituents is 1. The van der Waals surface area contributed by atoms with Crippen LogP contribution >= 0.6 is 0 Å². The van der Waals surface area contributed by atoms with E-state index in [1.165, 1.54) is 5.56 Å². The van der Waals surface area contributed by atoms with Crippen LogP contribution in [-0.2, 0) is 21.4 Å². The van der Waals surface area contributed by atoms with E-state index in [4.69, 9.17) is 15.2 Å². The van der Waals surface area contributed by atoms with Crippen LogP contribution in [0.4, 0.5) is 0 Å². The van der Waals surface area contributed by atoms with Crippen molar-refractivity contribution < 1.29 is 19.4 Å². The monoisotopic (exact) mass is 313 g/mol. The molecule has 1 heterocycles. The number of ketones is 1. The molecule has 0 saturated heterocycles. The highest BCUT2D eigenvalue weighted by atomic mass is 16.5. The third-order valence-corrected chi connectivity index (χ3v) is 6.32. The summed E-state index contributed by atoms with van der Waals surface area (Å²) in [5.41, 5.74) is 6.76. The zero-order chi connectivity index (χ0) is 15.8. The molecule has 0 amide bonds. The minimum Gasteiger partial charge on any atom is -0.504 e. The molecule has 1 saturated carbocycles. The molecule has 4 aliphatic rings. The predicted octanol–water partition coefficient (Wildman–Crippen LogP) is 1.56. The normalized spacial score (nSPS) is 39.1. The summed E-state index contributed by atoms with van der Waals surface area (Å²) >= 11 is 0. The molecule has 1 fully saturated rings. The lowest BCUT2D eigenvalue weighted by Crippen LogP contribution is -2.69. The van der Waals surface area contributed by atoms with E-state index in [0.29, 0.717) is 5.75 Å². The van der Waals surface area contributed by atoms with Crippen molar-refractivity contribution in [2.45, 2.75) is 42.8 Å². The van der Waals surface area contributed by atoms with Crippen LogP contribution in [0.2, 0.25) is 0 Å². The summed E-state index contributed by atoms with van der Waals surface area (Å²) in [6.45, 7) is 0.104. The summed E-state index contributed by atoms with van der Waals surface area (Å²) in [7, 11) is 0. The second-order valence-electron chi connectivity index (χ2n) is 7.05. The first kappa shape index (κ1) is 13.6. The van der Waals surface area contributed by atoms with Crippen LogP contribution in [0.15, 0.2) is 24.3 Å². The Kier molecular flexibility index (Phi) is 2.46. The fourth-order valence-electron chi connectivity index (χ4n) is 5.63. The Morgan fingerprint density at radius 3 is 3.13 bits per heavy atom. The average molecular weight is 313 g/mol. The topological polar surface area (TPSA) is 81.8 Å². The van der Waals surface area contributed by atoms with Crippen LogP contribution in [0, 0.1) is 5.92 Å². The van der Waals surface area contributed by atoms with E-state index in [-0.39, 0.29) is 24.2 Å². The number of rotatable bonds is 2. The number of benzene rings is 1.